The van der Waals surface area contributed by atoms with Crippen molar-refractivity contribution in [3.05, 3.63) is 79.4 Å². The highest BCUT2D eigenvalue weighted by Gasteiger charge is 2.06. The van der Waals surface area contributed by atoms with E-state index in [-0.39, 0.29) is 0 Å². The van der Waals surface area contributed by atoms with Crippen LogP contribution in [0.5, 0.6) is 0 Å². The largest absolute Gasteiger partial charge is 0.264 e. The molecule has 0 aliphatic carbocycles. The molecule has 0 radical (unpaired) electrons. The SMILES string of the molecule is c1ccc(-c2cccc(-n3cc(-c4cccnc4)nn3)c2)nc1. The van der Waals surface area contributed by atoms with Crippen molar-refractivity contribution in [3.63, 3.8) is 0 Å². The Morgan fingerprint density at radius 3 is 2.57 bits per heavy atom. The molecule has 0 aliphatic rings. The molecule has 0 saturated carbocycles. The third-order valence-electron chi connectivity index (χ3n) is 3.52. The van der Waals surface area contributed by atoms with Gasteiger partial charge in [0.15, 0.2) is 0 Å². The van der Waals surface area contributed by atoms with Crippen molar-refractivity contribution in [1.29, 1.82) is 0 Å². The van der Waals surface area contributed by atoms with Gasteiger partial charge in [-0.15, -0.1) is 5.10 Å². The molecule has 23 heavy (non-hydrogen) atoms. The summed E-state index contributed by atoms with van der Waals surface area (Å²) in [4.78, 5) is 8.49. The van der Waals surface area contributed by atoms with Gasteiger partial charge in [-0.1, -0.05) is 23.4 Å². The van der Waals surface area contributed by atoms with Crippen molar-refractivity contribution in [2.75, 3.05) is 0 Å². The second-order valence-electron chi connectivity index (χ2n) is 5.06. The number of aromatic nitrogens is 5. The summed E-state index contributed by atoms with van der Waals surface area (Å²) in [5.41, 5.74) is 4.65. The molecule has 0 bridgehead atoms. The van der Waals surface area contributed by atoms with E-state index < -0.39 is 0 Å². The van der Waals surface area contributed by atoms with Crippen molar-refractivity contribution >= 4 is 0 Å². The van der Waals surface area contributed by atoms with E-state index in [0.717, 1.165) is 28.2 Å². The summed E-state index contributed by atoms with van der Waals surface area (Å²) in [7, 11) is 0. The molecule has 0 aliphatic heterocycles. The summed E-state index contributed by atoms with van der Waals surface area (Å²) in [5.74, 6) is 0. The number of benzene rings is 1. The molecule has 0 amide bonds. The smallest absolute Gasteiger partial charge is 0.115 e. The maximum absolute atomic E-state index is 4.38. The highest BCUT2D eigenvalue weighted by atomic mass is 15.4. The third-order valence-corrected chi connectivity index (χ3v) is 3.52. The molecule has 110 valence electrons. The van der Waals surface area contributed by atoms with Gasteiger partial charge < -0.3 is 0 Å². The van der Waals surface area contributed by atoms with Crippen molar-refractivity contribution < 1.29 is 0 Å². The lowest BCUT2D eigenvalue weighted by atomic mass is 10.1. The monoisotopic (exact) mass is 299 g/mol. The van der Waals surface area contributed by atoms with E-state index in [4.69, 9.17) is 0 Å². The first-order chi connectivity index (χ1) is 11.4. The lowest BCUT2D eigenvalue weighted by Crippen LogP contribution is -1.95. The Labute approximate surface area is 133 Å². The Balaban J connectivity index is 1.71. The molecule has 3 aromatic heterocycles. The zero-order valence-electron chi connectivity index (χ0n) is 12.2. The van der Waals surface area contributed by atoms with Crippen molar-refractivity contribution in [2.24, 2.45) is 0 Å². The van der Waals surface area contributed by atoms with E-state index in [9.17, 15) is 0 Å². The summed E-state index contributed by atoms with van der Waals surface area (Å²) >= 11 is 0. The zero-order valence-corrected chi connectivity index (χ0v) is 12.2. The lowest BCUT2D eigenvalue weighted by molar-refractivity contribution is 0.804. The molecule has 3 heterocycles. The van der Waals surface area contributed by atoms with E-state index in [1.54, 1.807) is 23.3 Å². The molecular weight excluding hydrogens is 286 g/mol. The van der Waals surface area contributed by atoms with E-state index in [2.05, 4.69) is 20.3 Å². The van der Waals surface area contributed by atoms with Crippen LogP contribution in [0.4, 0.5) is 0 Å². The van der Waals surface area contributed by atoms with E-state index in [1.807, 2.05) is 60.8 Å². The van der Waals surface area contributed by atoms with Gasteiger partial charge in [-0.05, 0) is 36.4 Å². The van der Waals surface area contributed by atoms with E-state index >= 15 is 0 Å². The quantitative estimate of drug-likeness (QED) is 0.582. The van der Waals surface area contributed by atoms with E-state index in [1.165, 1.54) is 0 Å². The zero-order chi connectivity index (χ0) is 15.5. The van der Waals surface area contributed by atoms with Gasteiger partial charge in [-0.25, -0.2) is 4.68 Å². The number of hydrogen-bond donors (Lipinski definition) is 0. The first-order valence-electron chi connectivity index (χ1n) is 7.25. The van der Waals surface area contributed by atoms with Gasteiger partial charge in [0.2, 0.25) is 0 Å². The highest BCUT2D eigenvalue weighted by Crippen LogP contribution is 2.21. The molecule has 4 aromatic rings. The normalized spacial score (nSPS) is 10.6. The molecule has 0 atom stereocenters. The van der Waals surface area contributed by atoms with Crippen LogP contribution in [-0.4, -0.2) is 25.0 Å². The second-order valence-corrected chi connectivity index (χ2v) is 5.06. The van der Waals surface area contributed by atoms with Gasteiger partial charge in [0.25, 0.3) is 0 Å². The minimum Gasteiger partial charge on any atom is -0.264 e. The number of nitrogens with zero attached hydrogens (tertiary/aromatic N) is 5. The number of hydrogen-bond acceptors (Lipinski definition) is 4. The molecule has 1 aromatic carbocycles. The van der Waals surface area contributed by atoms with Gasteiger partial charge in [0.05, 0.1) is 17.6 Å². The Kier molecular flexibility index (Phi) is 3.37. The van der Waals surface area contributed by atoms with Gasteiger partial charge in [-0.3, -0.25) is 9.97 Å². The van der Waals surface area contributed by atoms with Crippen molar-refractivity contribution in [1.82, 2.24) is 25.0 Å². The van der Waals surface area contributed by atoms with Crippen LogP contribution in [0.15, 0.2) is 79.4 Å². The lowest BCUT2D eigenvalue weighted by Gasteiger charge is -2.04. The maximum atomic E-state index is 4.38. The molecule has 0 unspecified atom stereocenters. The minimum atomic E-state index is 0.793. The van der Waals surface area contributed by atoms with Crippen molar-refractivity contribution in [3.8, 4) is 28.2 Å². The van der Waals surface area contributed by atoms with Crippen LogP contribution in [0.1, 0.15) is 0 Å². The summed E-state index contributed by atoms with van der Waals surface area (Å²) in [5, 5.41) is 8.44. The van der Waals surface area contributed by atoms with Crippen LogP contribution >= 0.6 is 0 Å². The molecule has 0 fully saturated rings. The molecule has 0 saturated heterocycles. The summed E-state index contributed by atoms with van der Waals surface area (Å²) in [6.45, 7) is 0. The van der Waals surface area contributed by atoms with Crippen LogP contribution in [0.3, 0.4) is 0 Å². The number of pyridine rings is 2. The van der Waals surface area contributed by atoms with Crippen LogP contribution in [0.2, 0.25) is 0 Å². The number of rotatable bonds is 3. The molecule has 0 spiro atoms. The first-order valence-corrected chi connectivity index (χ1v) is 7.25. The second kappa shape index (κ2) is 5.81. The van der Waals surface area contributed by atoms with Gasteiger partial charge in [0.1, 0.15) is 5.69 Å². The van der Waals surface area contributed by atoms with Gasteiger partial charge in [-0.2, -0.15) is 0 Å². The Bertz CT molecular complexity index is 916. The van der Waals surface area contributed by atoms with E-state index in [0.29, 0.717) is 0 Å². The molecule has 4 rings (SSSR count). The van der Waals surface area contributed by atoms with Crippen molar-refractivity contribution in [2.45, 2.75) is 0 Å². The first kappa shape index (κ1) is 13.3. The molecule has 5 heteroatoms. The standard InChI is InChI=1S/C18H13N5/c1-2-10-20-17(8-1)14-5-3-7-16(11-14)23-13-18(21-22-23)15-6-4-9-19-12-15/h1-13H. The Morgan fingerprint density at radius 2 is 1.74 bits per heavy atom. The van der Waals surface area contributed by atoms with Crippen LogP contribution in [-0.2, 0) is 0 Å². The topological polar surface area (TPSA) is 56.5 Å². The fourth-order valence-corrected chi connectivity index (χ4v) is 2.38. The Morgan fingerprint density at radius 1 is 0.783 bits per heavy atom. The average Bonchev–Trinajstić information content (AvgIpc) is 3.14. The molecular formula is C18H13N5. The summed E-state index contributed by atoms with van der Waals surface area (Å²) in [6, 6.07) is 17.8. The minimum absolute atomic E-state index is 0.793. The van der Waals surface area contributed by atoms with Gasteiger partial charge >= 0.3 is 0 Å². The predicted molar refractivity (Wildman–Crippen MR) is 87.8 cm³/mol. The Hall–Kier alpha value is -3.34. The fraction of sp³-hybridized carbons (Fsp3) is 0. The van der Waals surface area contributed by atoms with Gasteiger partial charge in [0, 0.05) is 29.7 Å². The van der Waals surface area contributed by atoms with Crippen LogP contribution in [0.25, 0.3) is 28.2 Å². The summed E-state index contributed by atoms with van der Waals surface area (Å²) in [6.07, 6.45) is 7.20. The summed E-state index contributed by atoms with van der Waals surface area (Å²) < 4.78 is 1.76. The third kappa shape index (κ3) is 2.72. The van der Waals surface area contributed by atoms with Crippen LogP contribution < -0.4 is 0 Å². The fourth-order valence-electron chi connectivity index (χ4n) is 2.38. The predicted octanol–water partition coefficient (Wildman–Crippen LogP) is 3.39. The maximum Gasteiger partial charge on any atom is 0.115 e. The molecule has 5 nitrogen and oxygen atoms in total. The molecule has 0 N–H and O–H groups in total. The highest BCUT2D eigenvalue weighted by molar-refractivity contribution is 5.62. The van der Waals surface area contributed by atoms with Crippen LogP contribution in [0, 0.1) is 0 Å². The average molecular weight is 299 g/mol.